The van der Waals surface area contributed by atoms with Gasteiger partial charge < -0.3 is 96.2 Å². The van der Waals surface area contributed by atoms with Crippen molar-refractivity contribution in [1.29, 1.82) is 0 Å². The molecule has 0 radical (unpaired) electrons. The van der Waals surface area contributed by atoms with Crippen LogP contribution < -0.4 is 76.1 Å². The molecule has 0 aliphatic heterocycles. The molecule has 4 aromatic carbocycles. The molecule has 0 aliphatic rings. The zero-order chi connectivity index (χ0) is 84.2. The Bertz CT molecular complexity index is 3830. The van der Waals surface area contributed by atoms with Gasteiger partial charge in [-0.15, -0.1) is 0 Å². The molecule has 0 spiro atoms. The van der Waals surface area contributed by atoms with Crippen molar-refractivity contribution >= 4 is 111 Å². The third-order valence-corrected chi connectivity index (χ3v) is 19.9. The molecule has 0 saturated heterocycles. The summed E-state index contributed by atoms with van der Waals surface area (Å²) in [6.45, 7) is 6.26. The van der Waals surface area contributed by atoms with Crippen LogP contribution >= 0.6 is 23.5 Å². The Hall–Kier alpha value is -10.2. The van der Waals surface area contributed by atoms with Crippen LogP contribution in [0.1, 0.15) is 149 Å². The van der Waals surface area contributed by atoms with E-state index in [1.54, 1.807) is 81.6 Å². The third kappa shape index (κ3) is 33.9. The van der Waals surface area contributed by atoms with E-state index in [-0.39, 0.29) is 131 Å². The quantitative estimate of drug-likeness (QED) is 0.00754. The van der Waals surface area contributed by atoms with Crippen molar-refractivity contribution in [2.45, 2.75) is 185 Å². The Morgan fingerprint density at radius 3 is 1.55 bits per heavy atom. The molecule has 0 aromatic heterocycles. The fourth-order valence-corrected chi connectivity index (χ4v) is 13.0. The van der Waals surface area contributed by atoms with Crippen LogP contribution in [0.5, 0.6) is 0 Å². The highest BCUT2D eigenvalue weighted by atomic mass is 32.2. The van der Waals surface area contributed by atoms with E-state index in [2.05, 4.69) is 53.2 Å². The molecule has 4 aromatic rings. The maximum absolute atomic E-state index is 15.1. The van der Waals surface area contributed by atoms with Gasteiger partial charge in [0.2, 0.25) is 47.3 Å². The molecule has 114 heavy (non-hydrogen) atoms. The highest BCUT2D eigenvalue weighted by molar-refractivity contribution is 7.99. The number of carboxylic acids is 1. The number of carbonyl (C=O) groups excluding carboxylic acids is 10. The Morgan fingerprint density at radius 1 is 0.553 bits per heavy atom. The molecule has 0 heterocycles. The maximum atomic E-state index is 15.1. The summed E-state index contributed by atoms with van der Waals surface area (Å²) in [6, 6.07) is 11.3. The molecular formula is C77H112N16O19S2. The molecule has 626 valence electrons. The Morgan fingerprint density at radius 2 is 1.03 bits per heavy atom. The number of nitro groups is 2. The van der Waals surface area contributed by atoms with Gasteiger partial charge in [-0.1, -0.05) is 92.6 Å². The standard InChI is InChI=1S/C77H112N16O19S2/c1-6-48(3)65(75(104)87-62(77(106)107)32-37-113-5)90-71(100)61(30-15-19-36-82-53-40-54(92(108)109)42-55(41-53)93(110)111)85-74(103)64(46-114-38-31-47(2)44-112-45-50-21-20-24-52(39-50)67(96)51-22-8-7-9-23-51)89-70(99)59(28-13-17-34-79)86-76(105)66(49(4)95)91-72(101)60(29-14-18-35-80)84-73(102)63(43-94)88-69(98)58(27-12-16-33-78)83-68(97)56-25-10-11-26-57(56)81/h7-11,20-26,31,39-42,48-49,58-66,82,94-95H,6,12-19,27-30,32-38,43-46,78-81H2,1-5H3,(H,83,97)(H,84,102)(H,85,103)(H,86,105)(H,87,104)(H,88,98)(H,89,99)(H,90,100)(H,91,101)(H,106,107)/b47-31+/t48-,49+,58-,59-,60-,61-,62-,63-,64-,65-,66-/m0/s1. The first-order valence-corrected chi connectivity index (χ1v) is 40.4. The number of nitrogen functional groups attached to an aromatic ring is 1. The van der Waals surface area contributed by atoms with E-state index in [4.69, 9.17) is 27.7 Å². The number of nitrogens with zero attached hydrogens (tertiary/aromatic N) is 2. The number of para-hydroxylation sites is 1. The number of amides is 9. The first-order valence-electron chi connectivity index (χ1n) is 37.9. The van der Waals surface area contributed by atoms with E-state index in [1.165, 1.54) is 30.8 Å². The van der Waals surface area contributed by atoms with Gasteiger partial charge >= 0.3 is 5.97 Å². The van der Waals surface area contributed by atoms with Gasteiger partial charge in [-0.3, -0.25) is 68.2 Å². The molecule has 9 amide bonds. The van der Waals surface area contributed by atoms with E-state index in [1.807, 2.05) is 18.2 Å². The number of aliphatic carboxylic acids is 1. The Kier molecular flexibility index (Phi) is 44.1. The highest BCUT2D eigenvalue weighted by Gasteiger charge is 2.38. The van der Waals surface area contributed by atoms with Crippen molar-refractivity contribution in [1.82, 2.24) is 47.9 Å². The number of nitro benzene ring substituents is 2. The van der Waals surface area contributed by atoms with Crippen LogP contribution in [0.15, 0.2) is 109 Å². The molecule has 21 N–H and O–H groups in total. The topological polar surface area (TPSA) is 568 Å². The minimum absolute atomic E-state index is 0.0325. The average molecular weight is 1630 g/mol. The highest BCUT2D eigenvalue weighted by Crippen LogP contribution is 2.27. The molecule has 4 rings (SSSR count). The molecule has 0 bridgehead atoms. The number of aliphatic hydroxyl groups excluding tert-OH is 2. The van der Waals surface area contributed by atoms with Crippen molar-refractivity contribution in [2.24, 2.45) is 23.1 Å². The molecular weight excluding hydrogens is 1520 g/mol. The SMILES string of the molecule is CC[C@H](C)[C@H](NC(=O)[C@H](CCCCNc1cc([N+](=O)[O-])cc([N+](=O)[O-])c1)NC(=O)[C@H](CSC/C=C(\C)COCc1cccc(C(=O)c2ccccc2)c1)NC(=O)[C@H](CCCCN)NC(=O)[C@@H](NC(=O)[C@H](CCCCN)NC(=O)[C@H](CO)NC(=O)[C@H](CCCCN)NC(=O)c1ccccc1N)[C@@H](C)O)C(=O)N[C@@H](CCSC)C(=O)O. The third-order valence-electron chi connectivity index (χ3n) is 18.3. The van der Waals surface area contributed by atoms with Crippen molar-refractivity contribution in [2.75, 3.05) is 74.0 Å². The van der Waals surface area contributed by atoms with Crippen LogP contribution in [0.2, 0.25) is 0 Å². The summed E-state index contributed by atoms with van der Waals surface area (Å²) in [5, 5.41) is 81.4. The number of carbonyl (C=O) groups is 11. The summed E-state index contributed by atoms with van der Waals surface area (Å²) in [7, 11) is 0. The Balaban J connectivity index is 1.70. The van der Waals surface area contributed by atoms with Gasteiger partial charge in [0.15, 0.2) is 5.78 Å². The zero-order valence-electron chi connectivity index (χ0n) is 65.0. The number of benzene rings is 4. The van der Waals surface area contributed by atoms with E-state index < -0.39 is 153 Å². The van der Waals surface area contributed by atoms with Gasteiger partial charge in [-0.25, -0.2) is 4.79 Å². The number of hydrogen-bond acceptors (Lipinski definition) is 25. The summed E-state index contributed by atoms with van der Waals surface area (Å²) in [5.74, 6) is -10.1. The van der Waals surface area contributed by atoms with Gasteiger partial charge in [-0.05, 0) is 159 Å². The summed E-state index contributed by atoms with van der Waals surface area (Å²) >= 11 is 2.51. The fraction of sp³-hybridized carbons (Fsp3) is 0.519. The lowest BCUT2D eigenvalue weighted by molar-refractivity contribution is -0.394. The minimum Gasteiger partial charge on any atom is -0.480 e. The average Bonchev–Trinajstić information content (AvgIpc) is 0.860. The molecule has 11 atom stereocenters. The molecule has 35 nitrogen and oxygen atoms in total. The lowest BCUT2D eigenvalue weighted by atomic mass is 9.97. The maximum Gasteiger partial charge on any atom is 0.326 e. The van der Waals surface area contributed by atoms with E-state index in [0.717, 1.165) is 41.1 Å². The first kappa shape index (κ1) is 96.2. The number of ether oxygens (including phenoxy) is 1. The lowest BCUT2D eigenvalue weighted by Gasteiger charge is -2.29. The minimum atomic E-state index is -1.85. The van der Waals surface area contributed by atoms with Crippen LogP contribution in [-0.4, -0.2) is 213 Å². The molecule has 0 fully saturated rings. The van der Waals surface area contributed by atoms with Crippen LogP contribution in [0.25, 0.3) is 0 Å². The molecule has 37 heteroatoms. The van der Waals surface area contributed by atoms with Gasteiger partial charge in [0, 0.05) is 52.7 Å². The van der Waals surface area contributed by atoms with Gasteiger partial charge in [0.05, 0.1) is 47.4 Å². The number of aliphatic hydroxyl groups is 2. The van der Waals surface area contributed by atoms with Crippen LogP contribution in [0.4, 0.5) is 22.7 Å². The number of ketones is 1. The van der Waals surface area contributed by atoms with Crippen molar-refractivity contribution in [3.8, 4) is 0 Å². The first-order chi connectivity index (χ1) is 54.5. The molecule has 0 unspecified atom stereocenters. The number of nitrogens with one attached hydrogen (secondary N) is 10. The second-order valence-electron chi connectivity index (χ2n) is 27.4. The number of non-ortho nitro benzene ring substituents is 2. The molecule has 0 aliphatic carbocycles. The summed E-state index contributed by atoms with van der Waals surface area (Å²) in [6.07, 6.45) is 4.04. The normalized spacial score (nSPS) is 14.2. The van der Waals surface area contributed by atoms with Crippen LogP contribution in [-0.2, 0) is 54.5 Å². The second kappa shape index (κ2) is 52.3. The predicted octanol–water partition coefficient (Wildman–Crippen LogP) is 3.12. The number of carboxylic acid groups (broad SMARTS) is 1. The van der Waals surface area contributed by atoms with Gasteiger partial charge in [0.1, 0.15) is 54.4 Å². The van der Waals surface area contributed by atoms with E-state index in [9.17, 15) is 83.5 Å². The number of unbranched alkanes of at least 4 members (excludes halogenated alkanes) is 4. The van der Waals surface area contributed by atoms with E-state index >= 15 is 4.79 Å². The summed E-state index contributed by atoms with van der Waals surface area (Å²) in [4.78, 5) is 177. The second-order valence-corrected chi connectivity index (χ2v) is 29.4. The number of nitrogens with two attached hydrogens (primary N) is 4. The fourth-order valence-electron chi connectivity index (χ4n) is 11.5. The molecule has 0 saturated carbocycles. The van der Waals surface area contributed by atoms with E-state index in [0.29, 0.717) is 49.0 Å². The summed E-state index contributed by atoms with van der Waals surface area (Å²) < 4.78 is 6.03. The zero-order valence-corrected chi connectivity index (χ0v) is 66.7. The predicted molar refractivity (Wildman–Crippen MR) is 434 cm³/mol. The number of anilines is 2. The number of rotatable bonds is 56. The monoisotopic (exact) mass is 1630 g/mol. The van der Waals surface area contributed by atoms with Gasteiger partial charge in [0.25, 0.3) is 17.3 Å². The largest absolute Gasteiger partial charge is 0.480 e. The number of thioether (sulfide) groups is 2. The van der Waals surface area contributed by atoms with Crippen molar-refractivity contribution in [3.05, 3.63) is 151 Å². The number of hydrogen-bond donors (Lipinski definition) is 17. The van der Waals surface area contributed by atoms with Crippen molar-refractivity contribution in [3.63, 3.8) is 0 Å². The smallest absolute Gasteiger partial charge is 0.326 e. The Labute approximate surface area is 671 Å². The lowest BCUT2D eigenvalue weighted by Crippen LogP contribution is -2.62. The van der Waals surface area contributed by atoms with Crippen LogP contribution in [0, 0.1) is 26.1 Å². The summed E-state index contributed by atoms with van der Waals surface area (Å²) in [5.41, 5.74) is 25.0. The van der Waals surface area contributed by atoms with Crippen molar-refractivity contribution < 1.29 is 82.6 Å². The van der Waals surface area contributed by atoms with Gasteiger partial charge in [-0.2, -0.15) is 23.5 Å². The van der Waals surface area contributed by atoms with Crippen LogP contribution in [0.3, 0.4) is 0 Å².